The zero-order valence-corrected chi connectivity index (χ0v) is 18.3. The van der Waals surface area contributed by atoms with Gasteiger partial charge in [-0.25, -0.2) is 4.39 Å². The molecule has 2 fully saturated rings. The van der Waals surface area contributed by atoms with E-state index in [2.05, 4.69) is 21.8 Å². The number of hydrogen-bond donors (Lipinski definition) is 3. The van der Waals surface area contributed by atoms with Crippen molar-refractivity contribution in [3.8, 4) is 6.07 Å². The highest BCUT2D eigenvalue weighted by molar-refractivity contribution is 5.98. The SMILES string of the molecule is N#CC[C@]1(n2cc(C(N)=O)c(Nc3ccc(F)cc3)n2)CC[C@H](NC2CCCCC2)CC1. The van der Waals surface area contributed by atoms with Crippen LogP contribution in [0.1, 0.15) is 74.6 Å². The fourth-order valence-electron chi connectivity index (χ4n) is 5.12. The molecule has 4 rings (SSSR count). The molecule has 8 heteroatoms. The number of rotatable bonds is 7. The molecule has 7 nitrogen and oxygen atoms in total. The van der Waals surface area contributed by atoms with Crippen LogP contribution in [0.3, 0.4) is 0 Å². The largest absolute Gasteiger partial charge is 0.365 e. The van der Waals surface area contributed by atoms with Gasteiger partial charge >= 0.3 is 0 Å². The zero-order chi connectivity index (χ0) is 22.6. The highest BCUT2D eigenvalue weighted by Gasteiger charge is 2.39. The molecule has 0 saturated heterocycles. The molecule has 2 aliphatic carbocycles. The van der Waals surface area contributed by atoms with Crippen molar-refractivity contribution in [1.82, 2.24) is 15.1 Å². The number of nitrogens with one attached hydrogen (secondary N) is 2. The molecule has 1 aromatic heterocycles. The molecule has 0 bridgehead atoms. The Labute approximate surface area is 188 Å². The Bertz CT molecular complexity index is 965. The summed E-state index contributed by atoms with van der Waals surface area (Å²) in [4.78, 5) is 12.1. The van der Waals surface area contributed by atoms with Crippen molar-refractivity contribution in [2.45, 2.75) is 81.8 Å². The minimum absolute atomic E-state index is 0.258. The van der Waals surface area contributed by atoms with E-state index >= 15 is 0 Å². The van der Waals surface area contributed by atoms with Crippen LogP contribution in [0.15, 0.2) is 30.5 Å². The van der Waals surface area contributed by atoms with E-state index in [-0.39, 0.29) is 11.4 Å². The molecular weight excluding hydrogens is 407 g/mol. The Hall–Kier alpha value is -2.92. The third-order valence-corrected chi connectivity index (χ3v) is 6.97. The van der Waals surface area contributed by atoms with Crippen molar-refractivity contribution >= 4 is 17.4 Å². The maximum absolute atomic E-state index is 13.2. The molecule has 1 aromatic carbocycles. The second kappa shape index (κ2) is 9.70. The molecule has 1 amide bonds. The summed E-state index contributed by atoms with van der Waals surface area (Å²) >= 11 is 0. The first-order valence-electron chi connectivity index (χ1n) is 11.5. The van der Waals surface area contributed by atoms with Crippen molar-refractivity contribution in [1.29, 1.82) is 5.26 Å². The van der Waals surface area contributed by atoms with Gasteiger partial charge in [0.1, 0.15) is 11.4 Å². The lowest BCUT2D eigenvalue weighted by molar-refractivity contribution is 0.1000. The summed E-state index contributed by atoms with van der Waals surface area (Å²) in [5, 5.41) is 21.1. The second-order valence-electron chi connectivity index (χ2n) is 9.17. The fraction of sp³-hybridized carbons (Fsp3) is 0.542. The lowest BCUT2D eigenvalue weighted by Crippen LogP contribution is -2.46. The van der Waals surface area contributed by atoms with Crippen LogP contribution in [0.4, 0.5) is 15.9 Å². The molecule has 0 radical (unpaired) electrons. The van der Waals surface area contributed by atoms with Crippen molar-refractivity contribution in [3.63, 3.8) is 0 Å². The van der Waals surface area contributed by atoms with Crippen LogP contribution in [0.5, 0.6) is 0 Å². The van der Waals surface area contributed by atoms with Gasteiger partial charge in [0.25, 0.3) is 5.91 Å². The Morgan fingerprint density at radius 1 is 1.16 bits per heavy atom. The Morgan fingerprint density at radius 2 is 1.81 bits per heavy atom. The van der Waals surface area contributed by atoms with Gasteiger partial charge in [-0.05, 0) is 62.8 Å². The molecule has 170 valence electrons. The number of carbonyl (C=O) groups is 1. The normalized spacial score (nSPS) is 24.1. The summed E-state index contributed by atoms with van der Waals surface area (Å²) in [6.07, 6.45) is 11.9. The number of aromatic nitrogens is 2. The molecule has 2 saturated carbocycles. The van der Waals surface area contributed by atoms with Crippen LogP contribution < -0.4 is 16.4 Å². The van der Waals surface area contributed by atoms with Crippen molar-refractivity contribution < 1.29 is 9.18 Å². The fourth-order valence-corrected chi connectivity index (χ4v) is 5.12. The maximum atomic E-state index is 13.2. The van der Waals surface area contributed by atoms with Gasteiger partial charge in [0.15, 0.2) is 5.82 Å². The third kappa shape index (κ3) is 4.94. The van der Waals surface area contributed by atoms with Gasteiger partial charge in [0.05, 0.1) is 18.0 Å². The molecule has 32 heavy (non-hydrogen) atoms. The summed E-state index contributed by atoms with van der Waals surface area (Å²) < 4.78 is 15.0. The number of primary amides is 1. The van der Waals surface area contributed by atoms with E-state index in [1.54, 1.807) is 23.0 Å². The predicted octanol–water partition coefficient (Wildman–Crippen LogP) is 4.34. The molecule has 0 atom stereocenters. The molecule has 0 spiro atoms. The number of benzene rings is 1. The minimum atomic E-state index is -0.597. The predicted molar refractivity (Wildman–Crippen MR) is 121 cm³/mol. The average Bonchev–Trinajstić information content (AvgIpc) is 3.22. The van der Waals surface area contributed by atoms with Crippen LogP contribution in [0.25, 0.3) is 0 Å². The number of nitrogens with zero attached hydrogens (tertiary/aromatic N) is 3. The highest BCUT2D eigenvalue weighted by atomic mass is 19.1. The first kappa shape index (κ1) is 22.3. The number of amides is 1. The topological polar surface area (TPSA) is 109 Å². The van der Waals surface area contributed by atoms with Gasteiger partial charge in [-0.2, -0.15) is 10.4 Å². The molecular formula is C24H31FN6O. The minimum Gasteiger partial charge on any atom is -0.365 e. The summed E-state index contributed by atoms with van der Waals surface area (Å²) in [5.74, 6) is -0.618. The van der Waals surface area contributed by atoms with Gasteiger partial charge in [-0.15, -0.1) is 0 Å². The van der Waals surface area contributed by atoms with Crippen molar-refractivity contribution in [2.75, 3.05) is 5.32 Å². The number of nitrogens with two attached hydrogens (primary N) is 1. The van der Waals surface area contributed by atoms with Gasteiger partial charge in [0.2, 0.25) is 0 Å². The maximum Gasteiger partial charge on any atom is 0.254 e. The number of halogens is 1. The first-order valence-corrected chi connectivity index (χ1v) is 11.5. The standard InChI is InChI=1S/C24H31FN6O/c25-17-6-8-19(9-7-17)29-23-21(22(27)32)16-31(30-23)24(14-15-26)12-10-20(11-13-24)28-18-4-2-1-3-5-18/h6-9,16,18,20,28H,1-5,10-14H2,(H2,27,32)(H,29,30)/t20-,24-. The summed E-state index contributed by atoms with van der Waals surface area (Å²) in [5.41, 5.74) is 6.01. The van der Waals surface area contributed by atoms with E-state index in [1.165, 1.54) is 44.2 Å². The monoisotopic (exact) mass is 438 g/mol. The zero-order valence-electron chi connectivity index (χ0n) is 18.3. The summed E-state index contributed by atoms with van der Waals surface area (Å²) in [6.45, 7) is 0. The Morgan fingerprint density at radius 3 is 2.44 bits per heavy atom. The smallest absolute Gasteiger partial charge is 0.254 e. The number of hydrogen-bond acceptors (Lipinski definition) is 5. The van der Waals surface area contributed by atoms with E-state index in [0.29, 0.717) is 30.0 Å². The molecule has 4 N–H and O–H groups in total. The average molecular weight is 439 g/mol. The first-order chi connectivity index (χ1) is 15.5. The van der Waals surface area contributed by atoms with Gasteiger partial charge in [-0.1, -0.05) is 19.3 Å². The third-order valence-electron chi connectivity index (χ3n) is 6.97. The van der Waals surface area contributed by atoms with Crippen LogP contribution in [0, 0.1) is 17.1 Å². The molecule has 2 aliphatic rings. The van der Waals surface area contributed by atoms with Gasteiger partial charge < -0.3 is 16.4 Å². The van der Waals surface area contributed by atoms with E-state index in [1.807, 2.05) is 0 Å². The summed E-state index contributed by atoms with van der Waals surface area (Å²) in [6, 6.07) is 9.21. The highest BCUT2D eigenvalue weighted by Crippen LogP contribution is 2.39. The van der Waals surface area contributed by atoms with Crippen LogP contribution >= 0.6 is 0 Å². The van der Waals surface area contributed by atoms with Crippen molar-refractivity contribution in [3.05, 3.63) is 41.8 Å². The quantitative estimate of drug-likeness (QED) is 0.596. The number of nitriles is 1. The number of carbonyl (C=O) groups excluding carboxylic acids is 1. The lowest BCUT2D eigenvalue weighted by Gasteiger charge is -2.40. The summed E-state index contributed by atoms with van der Waals surface area (Å²) in [7, 11) is 0. The van der Waals surface area contributed by atoms with Crippen LogP contribution in [-0.4, -0.2) is 27.8 Å². The van der Waals surface area contributed by atoms with Crippen molar-refractivity contribution in [2.24, 2.45) is 5.73 Å². The molecule has 2 aromatic rings. The van der Waals surface area contributed by atoms with E-state index in [9.17, 15) is 14.4 Å². The molecule has 0 aliphatic heterocycles. The van der Waals surface area contributed by atoms with Crippen LogP contribution in [0.2, 0.25) is 0 Å². The van der Waals surface area contributed by atoms with E-state index < -0.39 is 11.4 Å². The molecule has 1 heterocycles. The van der Waals surface area contributed by atoms with E-state index in [0.717, 1.165) is 25.7 Å². The second-order valence-corrected chi connectivity index (χ2v) is 9.17. The Balaban J connectivity index is 1.52. The van der Waals surface area contributed by atoms with Gasteiger partial charge in [-0.3, -0.25) is 9.48 Å². The van der Waals surface area contributed by atoms with E-state index in [4.69, 9.17) is 5.73 Å². The number of anilines is 2. The van der Waals surface area contributed by atoms with Gasteiger partial charge in [0, 0.05) is 24.0 Å². The molecule has 0 unspecified atom stereocenters. The van der Waals surface area contributed by atoms with Crippen LogP contribution in [-0.2, 0) is 5.54 Å². The Kier molecular flexibility index (Phi) is 6.75. The lowest BCUT2D eigenvalue weighted by atomic mass is 9.77.